The highest BCUT2D eigenvalue weighted by Gasteiger charge is 2.21. The molecule has 28 heavy (non-hydrogen) atoms. The topological polar surface area (TPSA) is 0 Å². The summed E-state index contributed by atoms with van der Waals surface area (Å²) in [4.78, 5) is 0. The summed E-state index contributed by atoms with van der Waals surface area (Å²) in [6.45, 7) is 27.2. The molecule has 0 spiro atoms. The van der Waals surface area contributed by atoms with Gasteiger partial charge >= 0.3 is 0 Å². The second kappa shape index (κ2) is 9.70. The average Bonchev–Trinajstić information content (AvgIpc) is 2.58. The van der Waals surface area contributed by atoms with Crippen LogP contribution in [0.3, 0.4) is 0 Å². The second-order valence-electron chi connectivity index (χ2n) is 9.71. The largest absolute Gasteiger partial charge is 0.0682 e. The third kappa shape index (κ3) is 5.07. The van der Waals surface area contributed by atoms with Gasteiger partial charge in [0.15, 0.2) is 0 Å². The zero-order valence-electron chi connectivity index (χ0n) is 20.1. The third-order valence-electron chi connectivity index (χ3n) is 5.98. The van der Waals surface area contributed by atoms with E-state index in [2.05, 4.69) is 97.2 Å². The van der Waals surface area contributed by atoms with Crippen LogP contribution in [0.4, 0.5) is 0 Å². The minimum Gasteiger partial charge on any atom is -0.0682 e. The third-order valence-corrected chi connectivity index (χ3v) is 16.0. The second-order valence-corrected chi connectivity index (χ2v) is 23.5. The molecule has 0 aliphatic heterocycles. The standard InChI is InChI=1S/C23H41PSi4/c1-16-12-18(14-20(25(4)5)22(16)27(8)9)24(3)19-13-17(2)23(28(10)11)21(15-19)26(6)7/h12-15,25-28H,1-11H3. The summed E-state index contributed by atoms with van der Waals surface area (Å²) in [5.74, 6) is 0. The van der Waals surface area contributed by atoms with Crippen LogP contribution in [0.1, 0.15) is 11.1 Å². The van der Waals surface area contributed by atoms with E-state index in [9.17, 15) is 0 Å². The van der Waals surface area contributed by atoms with Crippen molar-refractivity contribution < 1.29 is 0 Å². The van der Waals surface area contributed by atoms with E-state index in [1.54, 1.807) is 42.5 Å². The first-order valence-corrected chi connectivity index (χ1v) is 24.3. The molecule has 2 aromatic rings. The van der Waals surface area contributed by atoms with E-state index in [1.807, 2.05) is 0 Å². The molecule has 0 bridgehead atoms. The van der Waals surface area contributed by atoms with Gasteiger partial charge < -0.3 is 0 Å². The highest BCUT2D eigenvalue weighted by atomic mass is 31.1. The Labute approximate surface area is 182 Å². The molecule has 5 heteroatoms. The van der Waals surface area contributed by atoms with E-state index in [0.717, 1.165) is 0 Å². The fourth-order valence-electron chi connectivity index (χ4n) is 4.68. The SMILES string of the molecule is Cc1cc(P(C)c2cc(C)c([SiH](C)C)c([SiH](C)C)c2)cc([SiH](C)C)c1[SiH](C)C. The first-order chi connectivity index (χ1) is 13.0. The van der Waals surface area contributed by atoms with Gasteiger partial charge in [-0.3, -0.25) is 0 Å². The van der Waals surface area contributed by atoms with Crippen molar-refractivity contribution in [2.24, 2.45) is 0 Å². The van der Waals surface area contributed by atoms with Gasteiger partial charge in [-0.05, 0) is 39.0 Å². The van der Waals surface area contributed by atoms with E-state index in [0.29, 0.717) is 0 Å². The molecule has 0 nitrogen and oxygen atoms in total. The number of hydrogen-bond acceptors (Lipinski definition) is 0. The zero-order valence-corrected chi connectivity index (χ0v) is 25.6. The Kier molecular flexibility index (Phi) is 8.32. The molecule has 154 valence electrons. The van der Waals surface area contributed by atoms with Gasteiger partial charge in [0.25, 0.3) is 0 Å². The highest BCUT2D eigenvalue weighted by Crippen LogP contribution is 2.28. The van der Waals surface area contributed by atoms with Gasteiger partial charge in [0.05, 0.1) is 35.2 Å². The highest BCUT2D eigenvalue weighted by molar-refractivity contribution is 7.72. The average molecular weight is 461 g/mol. The maximum absolute atomic E-state index is 2.63. The van der Waals surface area contributed by atoms with Gasteiger partial charge in [-0.25, -0.2) is 0 Å². The molecule has 0 saturated heterocycles. The molecule has 2 aromatic carbocycles. The molecule has 0 aliphatic carbocycles. The van der Waals surface area contributed by atoms with E-state index in [4.69, 9.17) is 0 Å². The molecule has 0 amide bonds. The van der Waals surface area contributed by atoms with Gasteiger partial charge in [-0.1, -0.05) is 109 Å². The predicted octanol–water partition coefficient (Wildman–Crippen LogP) is 2.14. The molecule has 0 atom stereocenters. The van der Waals surface area contributed by atoms with Crippen LogP contribution in [0.2, 0.25) is 52.4 Å². The quantitative estimate of drug-likeness (QED) is 0.458. The minimum atomic E-state index is -0.816. The Hall–Kier alpha value is -0.262. The van der Waals surface area contributed by atoms with E-state index in [-0.39, 0.29) is 7.92 Å². The molecule has 0 aromatic heterocycles. The molecular weight excluding hydrogens is 420 g/mol. The van der Waals surface area contributed by atoms with Crippen LogP contribution in [0.25, 0.3) is 0 Å². The van der Waals surface area contributed by atoms with Crippen LogP contribution in [-0.2, 0) is 0 Å². The first-order valence-electron chi connectivity index (χ1n) is 11.0. The van der Waals surface area contributed by atoms with Crippen molar-refractivity contribution in [2.75, 3.05) is 6.66 Å². The van der Waals surface area contributed by atoms with Gasteiger partial charge in [0.1, 0.15) is 0 Å². The smallest absolute Gasteiger partial charge is 0.0649 e. The molecule has 0 aliphatic rings. The summed E-state index contributed by atoms with van der Waals surface area (Å²) < 4.78 is 0. The van der Waals surface area contributed by atoms with Crippen molar-refractivity contribution in [3.63, 3.8) is 0 Å². The molecule has 0 unspecified atom stereocenters. The van der Waals surface area contributed by atoms with E-state index in [1.165, 1.54) is 0 Å². The molecular formula is C23H41PSi4. The molecule has 0 saturated carbocycles. The summed E-state index contributed by atoms with van der Waals surface area (Å²) in [5, 5.41) is 10.3. The lowest BCUT2D eigenvalue weighted by atomic mass is 10.2. The van der Waals surface area contributed by atoms with Crippen molar-refractivity contribution in [1.82, 2.24) is 0 Å². The molecule has 0 fully saturated rings. The maximum atomic E-state index is 2.63. The fourth-order valence-corrected chi connectivity index (χ4v) is 16.9. The number of benzene rings is 2. The van der Waals surface area contributed by atoms with Crippen LogP contribution >= 0.6 is 7.92 Å². The van der Waals surface area contributed by atoms with Crippen molar-refractivity contribution in [2.45, 2.75) is 66.2 Å². The van der Waals surface area contributed by atoms with Crippen molar-refractivity contribution >= 4 is 74.5 Å². The molecule has 0 heterocycles. The van der Waals surface area contributed by atoms with E-state index < -0.39 is 35.2 Å². The Bertz CT molecular complexity index is 771. The lowest BCUT2D eigenvalue weighted by molar-refractivity contribution is 1.53. The Morgan fingerprint density at radius 1 is 0.536 bits per heavy atom. The van der Waals surface area contributed by atoms with Crippen LogP contribution in [0.5, 0.6) is 0 Å². The van der Waals surface area contributed by atoms with Gasteiger partial charge in [0, 0.05) is 0 Å². The van der Waals surface area contributed by atoms with Crippen LogP contribution in [-0.4, -0.2) is 41.9 Å². The van der Waals surface area contributed by atoms with Crippen LogP contribution in [0.15, 0.2) is 24.3 Å². The van der Waals surface area contributed by atoms with Crippen molar-refractivity contribution in [1.29, 1.82) is 0 Å². The van der Waals surface area contributed by atoms with Crippen LogP contribution in [0, 0.1) is 13.8 Å². The summed E-state index contributed by atoms with van der Waals surface area (Å²) in [5.41, 5.74) is 3.15. The Balaban J connectivity index is 2.62. The monoisotopic (exact) mass is 460 g/mol. The molecule has 0 radical (unpaired) electrons. The number of aryl methyl sites for hydroxylation is 2. The van der Waals surface area contributed by atoms with Crippen molar-refractivity contribution in [3.05, 3.63) is 35.4 Å². The van der Waals surface area contributed by atoms with Gasteiger partial charge in [0.2, 0.25) is 0 Å². The fraction of sp³-hybridized carbons (Fsp3) is 0.478. The lowest BCUT2D eigenvalue weighted by Gasteiger charge is -2.25. The number of rotatable bonds is 6. The minimum absolute atomic E-state index is 0.273. The normalized spacial score (nSPS) is 12.3. The lowest BCUT2D eigenvalue weighted by Crippen LogP contribution is -2.48. The first kappa shape index (κ1) is 24.0. The van der Waals surface area contributed by atoms with Gasteiger partial charge in [-0.2, -0.15) is 0 Å². The molecule has 0 N–H and O–H groups in total. The Morgan fingerprint density at radius 2 is 0.857 bits per heavy atom. The summed E-state index contributed by atoms with van der Waals surface area (Å²) in [6.07, 6.45) is 0. The Morgan fingerprint density at radius 3 is 1.11 bits per heavy atom. The number of hydrogen-bond donors (Lipinski definition) is 0. The van der Waals surface area contributed by atoms with Gasteiger partial charge in [-0.15, -0.1) is 0 Å². The van der Waals surface area contributed by atoms with Crippen LogP contribution < -0.4 is 31.4 Å². The summed E-state index contributed by atoms with van der Waals surface area (Å²) in [7, 11) is -3.48. The predicted molar refractivity (Wildman–Crippen MR) is 149 cm³/mol. The zero-order chi connectivity index (χ0) is 21.3. The van der Waals surface area contributed by atoms with E-state index >= 15 is 0 Å². The maximum Gasteiger partial charge on any atom is 0.0649 e. The van der Waals surface area contributed by atoms with Crippen molar-refractivity contribution in [3.8, 4) is 0 Å². The summed E-state index contributed by atoms with van der Waals surface area (Å²) in [6, 6.07) is 10.3. The molecule has 2 rings (SSSR count). The summed E-state index contributed by atoms with van der Waals surface area (Å²) >= 11 is 0.